The van der Waals surface area contributed by atoms with Crippen LogP contribution in [0.2, 0.25) is 0 Å². The monoisotopic (exact) mass is 294 g/mol. The standard InChI is InChI=1S/C16H26N2O3/c1-5-9-21-16-11-14(7-8-15(16)18(19)20)17-13(4)10-12(3)6-2/h7-8,11-13,17H,5-6,9-10H2,1-4H3. The van der Waals surface area contributed by atoms with E-state index in [-0.39, 0.29) is 5.69 Å². The molecule has 0 radical (unpaired) electrons. The summed E-state index contributed by atoms with van der Waals surface area (Å²) >= 11 is 0. The van der Waals surface area contributed by atoms with Crippen molar-refractivity contribution in [1.82, 2.24) is 0 Å². The summed E-state index contributed by atoms with van der Waals surface area (Å²) in [5.41, 5.74) is 0.881. The van der Waals surface area contributed by atoms with Gasteiger partial charge in [-0.05, 0) is 31.7 Å². The van der Waals surface area contributed by atoms with Crippen molar-refractivity contribution >= 4 is 11.4 Å². The number of nitro benzene ring substituents is 1. The van der Waals surface area contributed by atoms with Gasteiger partial charge < -0.3 is 10.1 Å². The molecule has 0 aliphatic heterocycles. The first-order valence-electron chi connectivity index (χ1n) is 7.65. The fraction of sp³-hybridized carbons (Fsp3) is 0.625. The highest BCUT2D eigenvalue weighted by Crippen LogP contribution is 2.30. The van der Waals surface area contributed by atoms with Gasteiger partial charge in [-0.15, -0.1) is 0 Å². The van der Waals surface area contributed by atoms with Crippen LogP contribution in [0.3, 0.4) is 0 Å². The second-order valence-corrected chi connectivity index (χ2v) is 5.58. The molecule has 2 atom stereocenters. The fourth-order valence-corrected chi connectivity index (χ4v) is 2.20. The van der Waals surface area contributed by atoms with Crippen molar-refractivity contribution in [2.24, 2.45) is 5.92 Å². The van der Waals surface area contributed by atoms with Gasteiger partial charge in [0.1, 0.15) is 0 Å². The van der Waals surface area contributed by atoms with E-state index in [2.05, 4.69) is 26.1 Å². The first kappa shape index (κ1) is 17.3. The largest absolute Gasteiger partial charge is 0.487 e. The topological polar surface area (TPSA) is 64.4 Å². The molecular weight excluding hydrogens is 268 g/mol. The summed E-state index contributed by atoms with van der Waals surface area (Å²) < 4.78 is 5.49. The second-order valence-electron chi connectivity index (χ2n) is 5.58. The van der Waals surface area contributed by atoms with Crippen molar-refractivity contribution in [3.8, 4) is 5.75 Å². The van der Waals surface area contributed by atoms with E-state index in [1.54, 1.807) is 12.1 Å². The molecule has 0 heterocycles. The molecule has 1 N–H and O–H groups in total. The number of rotatable bonds is 9. The van der Waals surface area contributed by atoms with Crippen molar-refractivity contribution in [2.45, 2.75) is 53.0 Å². The van der Waals surface area contributed by atoms with Crippen molar-refractivity contribution in [2.75, 3.05) is 11.9 Å². The second kappa shape index (κ2) is 8.49. The van der Waals surface area contributed by atoms with Crippen LogP contribution < -0.4 is 10.1 Å². The summed E-state index contributed by atoms with van der Waals surface area (Å²) in [6.45, 7) is 8.98. The lowest BCUT2D eigenvalue weighted by Gasteiger charge is -2.19. The van der Waals surface area contributed by atoms with E-state index in [1.165, 1.54) is 6.07 Å². The molecule has 0 amide bonds. The predicted octanol–water partition coefficient (Wildman–Crippen LogP) is 4.62. The average Bonchev–Trinajstić information content (AvgIpc) is 2.44. The SMILES string of the molecule is CCCOc1cc(NC(C)CC(C)CC)ccc1[N+](=O)[O-]. The molecule has 0 saturated heterocycles. The number of nitrogens with zero attached hydrogens (tertiary/aromatic N) is 1. The minimum Gasteiger partial charge on any atom is -0.487 e. The molecule has 2 unspecified atom stereocenters. The van der Waals surface area contributed by atoms with Gasteiger partial charge in [0.2, 0.25) is 0 Å². The summed E-state index contributed by atoms with van der Waals surface area (Å²) in [7, 11) is 0. The molecule has 0 fully saturated rings. The molecule has 118 valence electrons. The van der Waals surface area contributed by atoms with E-state index in [0.29, 0.717) is 24.3 Å². The molecule has 0 spiro atoms. The Balaban J connectivity index is 2.81. The molecule has 21 heavy (non-hydrogen) atoms. The number of nitro groups is 1. The molecule has 5 nitrogen and oxygen atoms in total. The van der Waals surface area contributed by atoms with Gasteiger partial charge in [-0.25, -0.2) is 0 Å². The zero-order valence-electron chi connectivity index (χ0n) is 13.4. The lowest BCUT2D eigenvalue weighted by atomic mass is 10.0. The maximum atomic E-state index is 11.0. The normalized spacial score (nSPS) is 13.5. The maximum absolute atomic E-state index is 11.0. The predicted molar refractivity (Wildman–Crippen MR) is 86.0 cm³/mol. The highest BCUT2D eigenvalue weighted by atomic mass is 16.6. The number of benzene rings is 1. The first-order valence-corrected chi connectivity index (χ1v) is 7.65. The average molecular weight is 294 g/mol. The Kier molecular flexibility index (Phi) is 6.99. The number of nitrogens with one attached hydrogen (secondary N) is 1. The molecule has 0 aliphatic carbocycles. The minimum atomic E-state index is -0.405. The van der Waals surface area contributed by atoms with Crippen LogP contribution in [0, 0.1) is 16.0 Å². The summed E-state index contributed by atoms with van der Waals surface area (Å²) in [5.74, 6) is 0.990. The van der Waals surface area contributed by atoms with E-state index in [4.69, 9.17) is 4.74 Å². The fourth-order valence-electron chi connectivity index (χ4n) is 2.20. The summed E-state index contributed by atoms with van der Waals surface area (Å²) in [6, 6.07) is 5.29. The lowest BCUT2D eigenvalue weighted by Crippen LogP contribution is -2.18. The van der Waals surface area contributed by atoms with E-state index in [1.807, 2.05) is 6.92 Å². The molecular formula is C16H26N2O3. The zero-order valence-corrected chi connectivity index (χ0v) is 13.4. The van der Waals surface area contributed by atoms with Crippen molar-refractivity contribution < 1.29 is 9.66 Å². The number of anilines is 1. The Bertz CT molecular complexity index is 463. The number of hydrogen-bond donors (Lipinski definition) is 1. The Labute approximate surface area is 126 Å². The van der Waals surface area contributed by atoms with Crippen LogP contribution >= 0.6 is 0 Å². The van der Waals surface area contributed by atoms with Crippen LogP contribution in [0.15, 0.2) is 18.2 Å². The van der Waals surface area contributed by atoms with E-state index in [9.17, 15) is 10.1 Å². The highest BCUT2D eigenvalue weighted by Gasteiger charge is 2.16. The van der Waals surface area contributed by atoms with Gasteiger partial charge in [-0.3, -0.25) is 10.1 Å². The number of ether oxygens (including phenoxy) is 1. The molecule has 1 aromatic carbocycles. The molecule has 0 saturated carbocycles. The summed E-state index contributed by atoms with van der Waals surface area (Å²) in [5, 5.41) is 14.4. The van der Waals surface area contributed by atoms with E-state index >= 15 is 0 Å². The van der Waals surface area contributed by atoms with Gasteiger partial charge >= 0.3 is 5.69 Å². The van der Waals surface area contributed by atoms with Gasteiger partial charge in [0.15, 0.2) is 5.75 Å². The molecule has 0 bridgehead atoms. The Morgan fingerprint density at radius 2 is 2.05 bits per heavy atom. The lowest BCUT2D eigenvalue weighted by molar-refractivity contribution is -0.385. The Morgan fingerprint density at radius 1 is 1.33 bits per heavy atom. The van der Waals surface area contributed by atoms with E-state index < -0.39 is 4.92 Å². The van der Waals surface area contributed by atoms with Crippen molar-refractivity contribution in [3.05, 3.63) is 28.3 Å². The van der Waals surface area contributed by atoms with Crippen LogP contribution in [-0.2, 0) is 0 Å². The summed E-state index contributed by atoms with van der Waals surface area (Å²) in [4.78, 5) is 10.6. The first-order chi connectivity index (χ1) is 9.97. The van der Waals surface area contributed by atoms with Crippen LogP contribution in [0.5, 0.6) is 5.75 Å². The smallest absolute Gasteiger partial charge is 0.311 e. The Hall–Kier alpha value is -1.78. The van der Waals surface area contributed by atoms with E-state index in [0.717, 1.165) is 24.9 Å². The Morgan fingerprint density at radius 3 is 2.62 bits per heavy atom. The number of hydrogen-bond acceptors (Lipinski definition) is 4. The zero-order chi connectivity index (χ0) is 15.8. The van der Waals surface area contributed by atoms with Crippen LogP contribution in [-0.4, -0.2) is 17.6 Å². The van der Waals surface area contributed by atoms with Crippen LogP contribution in [0.25, 0.3) is 0 Å². The summed E-state index contributed by atoms with van der Waals surface area (Å²) in [6.07, 6.45) is 3.04. The molecule has 1 aromatic rings. The van der Waals surface area contributed by atoms with Crippen molar-refractivity contribution in [3.63, 3.8) is 0 Å². The van der Waals surface area contributed by atoms with Gasteiger partial charge in [0.25, 0.3) is 0 Å². The quantitative estimate of drug-likeness (QED) is 0.533. The third kappa shape index (κ3) is 5.61. The molecule has 1 rings (SSSR count). The molecule has 5 heteroatoms. The van der Waals surface area contributed by atoms with Gasteiger partial charge in [-0.2, -0.15) is 0 Å². The van der Waals surface area contributed by atoms with Gasteiger partial charge in [0.05, 0.1) is 11.5 Å². The van der Waals surface area contributed by atoms with Gasteiger partial charge in [0, 0.05) is 23.9 Å². The molecule has 0 aliphatic rings. The van der Waals surface area contributed by atoms with Crippen molar-refractivity contribution in [1.29, 1.82) is 0 Å². The third-order valence-corrected chi connectivity index (χ3v) is 3.48. The van der Waals surface area contributed by atoms with Gasteiger partial charge in [-0.1, -0.05) is 27.2 Å². The third-order valence-electron chi connectivity index (χ3n) is 3.48. The minimum absolute atomic E-state index is 0.0172. The maximum Gasteiger partial charge on any atom is 0.311 e. The van der Waals surface area contributed by atoms with Crippen LogP contribution in [0.1, 0.15) is 47.0 Å². The molecule has 0 aromatic heterocycles. The highest BCUT2D eigenvalue weighted by molar-refractivity contribution is 5.58. The van der Waals surface area contributed by atoms with Crippen LogP contribution in [0.4, 0.5) is 11.4 Å².